The van der Waals surface area contributed by atoms with Crippen molar-refractivity contribution in [2.45, 2.75) is 19.5 Å². The smallest absolute Gasteiger partial charge is 0.416 e. The predicted octanol–water partition coefficient (Wildman–Crippen LogP) is 4.21. The van der Waals surface area contributed by atoms with E-state index in [4.69, 9.17) is 4.74 Å². The second-order valence-electron chi connectivity index (χ2n) is 5.77. The number of anilines is 1. The molecular formula is C19H17F4NO4. The van der Waals surface area contributed by atoms with Crippen molar-refractivity contribution in [2.75, 3.05) is 19.0 Å². The minimum atomic E-state index is -4.67. The van der Waals surface area contributed by atoms with Gasteiger partial charge in [0.05, 0.1) is 12.7 Å². The fraction of sp³-hybridized carbons (Fsp3) is 0.263. The van der Waals surface area contributed by atoms with Crippen molar-refractivity contribution in [2.24, 2.45) is 0 Å². The van der Waals surface area contributed by atoms with Crippen LogP contribution in [0, 0.1) is 5.82 Å². The zero-order valence-corrected chi connectivity index (χ0v) is 15.0. The summed E-state index contributed by atoms with van der Waals surface area (Å²) in [4.78, 5) is 23.0. The van der Waals surface area contributed by atoms with Gasteiger partial charge in [0.25, 0.3) is 0 Å². The van der Waals surface area contributed by atoms with Crippen LogP contribution in [0.15, 0.2) is 36.4 Å². The first kappa shape index (κ1) is 21.2. The molecular weight excluding hydrogens is 382 g/mol. The maximum absolute atomic E-state index is 13.2. The third kappa shape index (κ3) is 5.45. The number of rotatable bonds is 6. The molecule has 2 aromatic rings. The molecule has 0 spiro atoms. The van der Waals surface area contributed by atoms with Crippen LogP contribution in [-0.4, -0.2) is 25.6 Å². The average molecular weight is 399 g/mol. The highest BCUT2D eigenvalue weighted by Crippen LogP contribution is 2.33. The molecule has 0 bridgehead atoms. The van der Waals surface area contributed by atoms with E-state index >= 15 is 0 Å². The number of esters is 2. The van der Waals surface area contributed by atoms with Crippen LogP contribution in [0.25, 0.3) is 0 Å². The number of ether oxygens (including phenoxy) is 2. The van der Waals surface area contributed by atoms with Crippen LogP contribution in [0.1, 0.15) is 28.4 Å². The van der Waals surface area contributed by atoms with Gasteiger partial charge in [-0.1, -0.05) is 6.07 Å². The number of nitrogens with one attached hydrogen (secondary N) is 1. The first-order chi connectivity index (χ1) is 13.1. The lowest BCUT2D eigenvalue weighted by Gasteiger charge is -2.14. The zero-order valence-electron chi connectivity index (χ0n) is 15.0. The molecule has 0 aliphatic carbocycles. The molecule has 5 nitrogen and oxygen atoms in total. The molecule has 28 heavy (non-hydrogen) atoms. The fourth-order valence-electron chi connectivity index (χ4n) is 2.53. The molecule has 9 heteroatoms. The van der Waals surface area contributed by atoms with E-state index in [2.05, 4.69) is 10.1 Å². The minimum absolute atomic E-state index is 0.00259. The van der Waals surface area contributed by atoms with Crippen molar-refractivity contribution in [3.05, 3.63) is 58.9 Å². The van der Waals surface area contributed by atoms with Crippen LogP contribution in [0.3, 0.4) is 0 Å². The monoisotopic (exact) mass is 399 g/mol. The summed E-state index contributed by atoms with van der Waals surface area (Å²) in [6, 6.07) is 6.74. The van der Waals surface area contributed by atoms with Crippen molar-refractivity contribution >= 4 is 17.6 Å². The number of halogens is 4. The van der Waals surface area contributed by atoms with Gasteiger partial charge in [-0.3, -0.25) is 4.79 Å². The zero-order chi connectivity index (χ0) is 20.9. The van der Waals surface area contributed by atoms with Gasteiger partial charge in [0.15, 0.2) is 0 Å². The van der Waals surface area contributed by atoms with Crippen molar-refractivity contribution in [3.8, 4) is 5.75 Å². The van der Waals surface area contributed by atoms with Crippen LogP contribution in [-0.2, 0) is 22.1 Å². The van der Waals surface area contributed by atoms with E-state index in [0.717, 1.165) is 19.2 Å². The van der Waals surface area contributed by atoms with Gasteiger partial charge < -0.3 is 14.8 Å². The second kappa shape index (κ2) is 8.73. The number of hydrogen-bond donors (Lipinski definition) is 1. The highest BCUT2D eigenvalue weighted by atomic mass is 19.4. The van der Waals surface area contributed by atoms with Gasteiger partial charge in [-0.2, -0.15) is 13.2 Å². The largest absolute Gasteiger partial charge is 0.465 e. The Morgan fingerprint density at radius 1 is 1.11 bits per heavy atom. The molecule has 0 heterocycles. The van der Waals surface area contributed by atoms with Crippen LogP contribution in [0.5, 0.6) is 5.75 Å². The lowest BCUT2D eigenvalue weighted by molar-refractivity contribution is -0.138. The summed E-state index contributed by atoms with van der Waals surface area (Å²) in [7, 11) is 1.16. The Hall–Kier alpha value is -3.10. The number of alkyl halides is 3. The summed E-state index contributed by atoms with van der Waals surface area (Å²) in [6.07, 6.45) is -4.70. The summed E-state index contributed by atoms with van der Waals surface area (Å²) >= 11 is 0. The Balaban J connectivity index is 2.15. The van der Waals surface area contributed by atoms with E-state index < -0.39 is 29.5 Å². The molecule has 0 amide bonds. The molecule has 0 saturated carbocycles. The molecule has 0 radical (unpaired) electrons. The molecule has 0 fully saturated rings. The predicted molar refractivity (Wildman–Crippen MR) is 92.7 cm³/mol. The maximum Gasteiger partial charge on any atom is 0.416 e. The standard InChI is InChI=1S/C19H17F4NO4/c1-11(25)28-17-6-5-14(10-15(17)18(26)27-2)24-8-7-12-3-4-13(20)9-16(12)19(21,22)23/h3-6,9-10,24H,7-8H2,1-2H3. The molecule has 0 aromatic heterocycles. The van der Waals surface area contributed by atoms with Crippen LogP contribution < -0.4 is 10.1 Å². The second-order valence-corrected chi connectivity index (χ2v) is 5.77. The highest BCUT2D eigenvalue weighted by Gasteiger charge is 2.33. The van der Waals surface area contributed by atoms with Crippen molar-refractivity contribution in [1.82, 2.24) is 0 Å². The molecule has 0 atom stereocenters. The third-order valence-electron chi connectivity index (χ3n) is 3.74. The lowest BCUT2D eigenvalue weighted by Crippen LogP contribution is -2.14. The van der Waals surface area contributed by atoms with E-state index in [-0.39, 0.29) is 29.8 Å². The van der Waals surface area contributed by atoms with Gasteiger partial charge >= 0.3 is 18.1 Å². The summed E-state index contributed by atoms with van der Waals surface area (Å²) in [5.74, 6) is -2.32. The Bertz CT molecular complexity index is 881. The molecule has 0 saturated heterocycles. The minimum Gasteiger partial charge on any atom is -0.465 e. The lowest BCUT2D eigenvalue weighted by atomic mass is 10.0. The Labute approximate surface area is 158 Å². The third-order valence-corrected chi connectivity index (χ3v) is 3.74. The number of methoxy groups -OCH3 is 1. The average Bonchev–Trinajstić information content (AvgIpc) is 2.62. The summed E-state index contributed by atoms with van der Waals surface area (Å²) in [6.45, 7) is 1.26. The topological polar surface area (TPSA) is 64.6 Å². The number of carbonyl (C=O) groups excluding carboxylic acids is 2. The first-order valence-electron chi connectivity index (χ1n) is 8.12. The van der Waals surface area contributed by atoms with Gasteiger partial charge in [-0.25, -0.2) is 9.18 Å². The van der Waals surface area contributed by atoms with Crippen LogP contribution in [0.4, 0.5) is 23.2 Å². The quantitative estimate of drug-likeness (QED) is 0.448. The maximum atomic E-state index is 13.2. The Morgan fingerprint density at radius 3 is 2.43 bits per heavy atom. The van der Waals surface area contributed by atoms with E-state index in [1.165, 1.54) is 25.1 Å². The molecule has 1 N–H and O–H groups in total. The van der Waals surface area contributed by atoms with E-state index in [1.807, 2.05) is 0 Å². The molecule has 150 valence electrons. The highest BCUT2D eigenvalue weighted by molar-refractivity contribution is 5.94. The van der Waals surface area contributed by atoms with Crippen LogP contribution >= 0.6 is 0 Å². The SMILES string of the molecule is COC(=O)c1cc(NCCc2ccc(F)cc2C(F)(F)F)ccc1OC(C)=O. The summed E-state index contributed by atoms with van der Waals surface area (Å²) in [5.41, 5.74) is -0.701. The molecule has 0 aliphatic rings. The molecule has 0 aliphatic heterocycles. The van der Waals surface area contributed by atoms with Crippen molar-refractivity contribution in [1.29, 1.82) is 0 Å². The normalized spacial score (nSPS) is 11.1. The molecule has 0 unspecified atom stereocenters. The van der Waals surface area contributed by atoms with Crippen molar-refractivity contribution < 1.29 is 36.6 Å². The molecule has 2 aromatic carbocycles. The van der Waals surface area contributed by atoms with Gasteiger partial charge in [-0.05, 0) is 42.3 Å². The Kier molecular flexibility index (Phi) is 6.61. The van der Waals surface area contributed by atoms with Gasteiger partial charge in [-0.15, -0.1) is 0 Å². The van der Waals surface area contributed by atoms with E-state index in [1.54, 1.807) is 0 Å². The van der Waals surface area contributed by atoms with E-state index in [9.17, 15) is 27.2 Å². The molecule has 2 rings (SSSR count). The number of carbonyl (C=O) groups is 2. The first-order valence-corrected chi connectivity index (χ1v) is 8.12. The fourth-order valence-corrected chi connectivity index (χ4v) is 2.53. The van der Waals surface area contributed by atoms with Gasteiger partial charge in [0.1, 0.15) is 17.1 Å². The summed E-state index contributed by atoms with van der Waals surface area (Å²) < 4.78 is 61.8. The van der Waals surface area contributed by atoms with Crippen LogP contribution in [0.2, 0.25) is 0 Å². The van der Waals surface area contributed by atoms with Gasteiger partial charge in [0, 0.05) is 19.2 Å². The number of benzene rings is 2. The van der Waals surface area contributed by atoms with Crippen molar-refractivity contribution in [3.63, 3.8) is 0 Å². The summed E-state index contributed by atoms with van der Waals surface area (Å²) in [5, 5.41) is 2.88. The Morgan fingerprint density at radius 2 is 1.82 bits per heavy atom. The van der Waals surface area contributed by atoms with E-state index in [0.29, 0.717) is 11.8 Å². The van der Waals surface area contributed by atoms with Gasteiger partial charge in [0.2, 0.25) is 0 Å². The number of hydrogen-bond acceptors (Lipinski definition) is 5.